The Morgan fingerprint density at radius 2 is 2.33 bits per heavy atom. The number of nitrogens with zero attached hydrogens (tertiary/aromatic N) is 1. The maximum atomic E-state index is 10.6. The number of carboxylic acid groups (broad SMARTS) is 1. The number of rotatable bonds is 2. The minimum Gasteiger partial charge on any atom is -0.477 e. The minimum absolute atomic E-state index is 0.0902. The summed E-state index contributed by atoms with van der Waals surface area (Å²) in [5.74, 6) is -1.00. The van der Waals surface area contributed by atoms with Crippen molar-refractivity contribution in [1.82, 2.24) is 4.98 Å². The van der Waals surface area contributed by atoms with Gasteiger partial charge in [0.25, 0.3) is 0 Å². The maximum Gasteiger partial charge on any atom is 0.354 e. The molecule has 1 rings (SSSR count). The topological polar surface area (TPSA) is 50.2 Å². The number of aromatic nitrogens is 1. The highest BCUT2D eigenvalue weighted by atomic mass is 16.4. The summed E-state index contributed by atoms with van der Waals surface area (Å²) >= 11 is 0. The molecule has 1 aromatic rings. The molecule has 0 saturated heterocycles. The van der Waals surface area contributed by atoms with E-state index in [-0.39, 0.29) is 5.69 Å². The van der Waals surface area contributed by atoms with Crippen LogP contribution in [-0.2, 0) is 0 Å². The van der Waals surface area contributed by atoms with Gasteiger partial charge in [0.2, 0.25) is 0 Å². The molecule has 0 atom stereocenters. The van der Waals surface area contributed by atoms with Crippen LogP contribution in [0.4, 0.5) is 0 Å². The van der Waals surface area contributed by atoms with Crippen molar-refractivity contribution in [2.24, 2.45) is 0 Å². The van der Waals surface area contributed by atoms with Gasteiger partial charge in [-0.1, -0.05) is 12.6 Å². The normalized spacial score (nSPS) is 9.42. The molecule has 0 fully saturated rings. The number of carboxylic acids is 1. The van der Waals surface area contributed by atoms with E-state index in [4.69, 9.17) is 5.11 Å². The monoisotopic (exact) mass is 163 g/mol. The van der Waals surface area contributed by atoms with Gasteiger partial charge in [0.05, 0.1) is 5.69 Å². The SMILES string of the molecule is C=Cc1ccc(C)c(C(=O)O)n1. The molecule has 3 nitrogen and oxygen atoms in total. The molecule has 0 radical (unpaired) electrons. The van der Waals surface area contributed by atoms with Gasteiger partial charge in [-0.15, -0.1) is 0 Å². The Morgan fingerprint density at radius 1 is 1.67 bits per heavy atom. The fraction of sp³-hybridized carbons (Fsp3) is 0.111. The molecule has 62 valence electrons. The van der Waals surface area contributed by atoms with E-state index in [9.17, 15) is 4.79 Å². The Balaban J connectivity index is 3.25. The van der Waals surface area contributed by atoms with Crippen molar-refractivity contribution in [3.63, 3.8) is 0 Å². The zero-order valence-corrected chi connectivity index (χ0v) is 6.74. The first-order chi connectivity index (χ1) is 5.65. The summed E-state index contributed by atoms with van der Waals surface area (Å²) < 4.78 is 0. The maximum absolute atomic E-state index is 10.6. The van der Waals surface area contributed by atoms with Crippen LogP contribution < -0.4 is 0 Å². The zero-order chi connectivity index (χ0) is 9.14. The van der Waals surface area contributed by atoms with E-state index >= 15 is 0 Å². The molecule has 1 aromatic heterocycles. The first-order valence-corrected chi connectivity index (χ1v) is 3.48. The molecular formula is C9H9NO2. The van der Waals surface area contributed by atoms with Gasteiger partial charge in [-0.3, -0.25) is 0 Å². The van der Waals surface area contributed by atoms with Gasteiger partial charge in [0.15, 0.2) is 5.69 Å². The van der Waals surface area contributed by atoms with Gasteiger partial charge in [-0.05, 0) is 24.6 Å². The zero-order valence-electron chi connectivity index (χ0n) is 6.74. The third kappa shape index (κ3) is 1.50. The highest BCUT2D eigenvalue weighted by Crippen LogP contribution is 2.06. The fourth-order valence-corrected chi connectivity index (χ4v) is 0.874. The Morgan fingerprint density at radius 3 is 2.83 bits per heavy atom. The second kappa shape index (κ2) is 3.17. The van der Waals surface area contributed by atoms with Crippen molar-refractivity contribution in [1.29, 1.82) is 0 Å². The van der Waals surface area contributed by atoms with Crippen molar-refractivity contribution >= 4 is 12.0 Å². The van der Waals surface area contributed by atoms with Crippen molar-refractivity contribution in [3.05, 3.63) is 35.7 Å². The smallest absolute Gasteiger partial charge is 0.354 e. The fourth-order valence-electron chi connectivity index (χ4n) is 0.874. The van der Waals surface area contributed by atoms with Gasteiger partial charge in [-0.25, -0.2) is 9.78 Å². The lowest BCUT2D eigenvalue weighted by Crippen LogP contribution is -2.03. The van der Waals surface area contributed by atoms with E-state index < -0.39 is 5.97 Å². The second-order valence-corrected chi connectivity index (χ2v) is 2.41. The Kier molecular flexibility index (Phi) is 2.24. The Labute approximate surface area is 70.4 Å². The Hall–Kier alpha value is -1.64. The molecular weight excluding hydrogens is 154 g/mol. The predicted molar refractivity (Wildman–Crippen MR) is 46.0 cm³/mol. The lowest BCUT2D eigenvalue weighted by molar-refractivity contribution is 0.0689. The summed E-state index contributed by atoms with van der Waals surface area (Å²) in [5.41, 5.74) is 1.33. The van der Waals surface area contributed by atoms with E-state index in [1.165, 1.54) is 6.08 Å². The summed E-state index contributed by atoms with van der Waals surface area (Å²) in [6.07, 6.45) is 1.52. The third-order valence-corrected chi connectivity index (χ3v) is 1.53. The van der Waals surface area contributed by atoms with Gasteiger partial charge >= 0.3 is 5.97 Å². The number of aryl methyl sites for hydroxylation is 1. The van der Waals surface area contributed by atoms with Crippen LogP contribution in [0, 0.1) is 6.92 Å². The predicted octanol–water partition coefficient (Wildman–Crippen LogP) is 1.73. The minimum atomic E-state index is -1.00. The summed E-state index contributed by atoms with van der Waals surface area (Å²) in [4.78, 5) is 14.5. The van der Waals surface area contributed by atoms with E-state index in [0.717, 1.165) is 0 Å². The molecule has 0 spiro atoms. The van der Waals surface area contributed by atoms with Crippen LogP contribution in [0.1, 0.15) is 21.7 Å². The van der Waals surface area contributed by atoms with Gasteiger partial charge < -0.3 is 5.11 Å². The van der Waals surface area contributed by atoms with Crippen LogP contribution in [0.2, 0.25) is 0 Å². The number of hydrogen-bond donors (Lipinski definition) is 1. The summed E-state index contributed by atoms with van der Waals surface area (Å²) in [7, 11) is 0. The van der Waals surface area contributed by atoms with E-state index in [0.29, 0.717) is 11.3 Å². The van der Waals surface area contributed by atoms with Gasteiger partial charge in [0.1, 0.15) is 0 Å². The summed E-state index contributed by atoms with van der Waals surface area (Å²) in [6.45, 7) is 5.22. The first kappa shape index (κ1) is 8.46. The standard InChI is InChI=1S/C9H9NO2/c1-3-7-5-4-6(2)8(10-7)9(11)12/h3-5H,1H2,2H3,(H,11,12). The van der Waals surface area contributed by atoms with Crippen molar-refractivity contribution in [2.75, 3.05) is 0 Å². The largest absolute Gasteiger partial charge is 0.477 e. The highest BCUT2D eigenvalue weighted by Gasteiger charge is 2.07. The molecule has 0 bridgehead atoms. The van der Waals surface area contributed by atoms with E-state index in [1.807, 2.05) is 0 Å². The van der Waals surface area contributed by atoms with Crippen LogP contribution in [-0.4, -0.2) is 16.1 Å². The summed E-state index contributed by atoms with van der Waals surface area (Å²) in [6, 6.07) is 3.45. The third-order valence-electron chi connectivity index (χ3n) is 1.53. The van der Waals surface area contributed by atoms with Gasteiger partial charge in [0, 0.05) is 0 Å². The molecule has 0 amide bonds. The highest BCUT2D eigenvalue weighted by molar-refractivity contribution is 5.87. The lowest BCUT2D eigenvalue weighted by atomic mass is 10.2. The molecule has 3 heteroatoms. The number of pyridine rings is 1. The molecule has 0 aliphatic heterocycles. The molecule has 12 heavy (non-hydrogen) atoms. The van der Waals surface area contributed by atoms with Crippen LogP contribution >= 0.6 is 0 Å². The molecule has 0 unspecified atom stereocenters. The molecule has 0 aliphatic carbocycles. The van der Waals surface area contributed by atoms with Crippen LogP contribution in [0.3, 0.4) is 0 Å². The number of aromatic carboxylic acids is 1. The number of carbonyl (C=O) groups is 1. The second-order valence-electron chi connectivity index (χ2n) is 2.41. The van der Waals surface area contributed by atoms with Crippen LogP contribution in [0.15, 0.2) is 18.7 Å². The molecule has 1 N–H and O–H groups in total. The molecule has 0 aliphatic rings. The molecule has 1 heterocycles. The van der Waals surface area contributed by atoms with Crippen LogP contribution in [0.25, 0.3) is 6.08 Å². The molecule has 0 aromatic carbocycles. The van der Waals surface area contributed by atoms with Crippen molar-refractivity contribution in [3.8, 4) is 0 Å². The van der Waals surface area contributed by atoms with Crippen LogP contribution in [0.5, 0.6) is 0 Å². The first-order valence-electron chi connectivity index (χ1n) is 3.48. The van der Waals surface area contributed by atoms with E-state index in [2.05, 4.69) is 11.6 Å². The average Bonchev–Trinajstić information content (AvgIpc) is 2.05. The van der Waals surface area contributed by atoms with Gasteiger partial charge in [-0.2, -0.15) is 0 Å². The number of hydrogen-bond acceptors (Lipinski definition) is 2. The lowest BCUT2D eigenvalue weighted by Gasteiger charge is -1.99. The molecule has 0 saturated carbocycles. The van der Waals surface area contributed by atoms with Crippen molar-refractivity contribution in [2.45, 2.75) is 6.92 Å². The Bertz CT molecular complexity index is 331. The van der Waals surface area contributed by atoms with E-state index in [1.54, 1.807) is 19.1 Å². The van der Waals surface area contributed by atoms with Crippen molar-refractivity contribution < 1.29 is 9.90 Å². The average molecular weight is 163 g/mol. The summed E-state index contributed by atoms with van der Waals surface area (Å²) in [5, 5.41) is 8.69. The quantitative estimate of drug-likeness (QED) is 0.722.